The zero-order valence-corrected chi connectivity index (χ0v) is 15.8. The first-order valence-electron chi connectivity index (χ1n) is 8.22. The van der Waals surface area contributed by atoms with Gasteiger partial charge in [0.05, 0.1) is 18.9 Å². The van der Waals surface area contributed by atoms with Crippen molar-refractivity contribution in [3.8, 4) is 5.75 Å². The summed E-state index contributed by atoms with van der Waals surface area (Å²) in [6.07, 6.45) is 4.61. The number of hydrogen-bond donors (Lipinski definition) is 0. The average molecular weight is 419 g/mol. The summed E-state index contributed by atoms with van der Waals surface area (Å²) in [4.78, 5) is 5.10. The van der Waals surface area contributed by atoms with E-state index < -0.39 is 0 Å². The van der Waals surface area contributed by atoms with Crippen LogP contribution in [-0.2, 0) is 6.42 Å². The first kappa shape index (κ1) is 16.5. The molecular weight excluding hydrogens is 397 g/mol. The third-order valence-electron chi connectivity index (χ3n) is 4.32. The topological polar surface area (TPSA) is 21.6 Å². The highest BCUT2D eigenvalue weighted by molar-refractivity contribution is 14.1. The molecule has 0 aromatic heterocycles. The number of nitrogens with zero attached hydrogens (tertiary/aromatic N) is 1. The number of benzene rings is 2. The minimum atomic E-state index is 0.377. The number of aliphatic imine (C=N–C) groups is 1. The number of halogens is 1. The van der Waals surface area contributed by atoms with Crippen molar-refractivity contribution in [2.75, 3.05) is 7.11 Å². The number of fused-ring (bicyclic) bond motifs is 1. The average Bonchev–Trinajstić information content (AvgIpc) is 2.58. The molecule has 3 heteroatoms. The van der Waals surface area contributed by atoms with Crippen molar-refractivity contribution in [1.82, 2.24) is 0 Å². The predicted molar refractivity (Wildman–Crippen MR) is 105 cm³/mol. The van der Waals surface area contributed by atoms with Crippen LogP contribution in [-0.4, -0.2) is 18.9 Å². The Kier molecular flexibility index (Phi) is 5.36. The normalized spacial score (nSPS) is 16.7. The molecule has 0 saturated heterocycles. The van der Waals surface area contributed by atoms with Gasteiger partial charge in [0, 0.05) is 14.7 Å². The first-order chi connectivity index (χ1) is 11.2. The zero-order chi connectivity index (χ0) is 16.2. The molecule has 0 bridgehead atoms. The Labute approximate surface area is 152 Å². The van der Waals surface area contributed by atoms with Crippen LogP contribution in [0.3, 0.4) is 0 Å². The Bertz CT molecular complexity index is 723. The van der Waals surface area contributed by atoms with Gasteiger partial charge in [0.15, 0.2) is 0 Å². The van der Waals surface area contributed by atoms with Crippen molar-refractivity contribution in [3.05, 3.63) is 62.7 Å². The fourth-order valence-electron chi connectivity index (χ4n) is 3.12. The molecule has 0 fully saturated rings. The highest BCUT2D eigenvalue weighted by Crippen LogP contribution is 2.29. The number of rotatable bonds is 5. The van der Waals surface area contributed by atoms with Gasteiger partial charge >= 0.3 is 0 Å². The summed E-state index contributed by atoms with van der Waals surface area (Å²) in [7, 11) is 1.73. The van der Waals surface area contributed by atoms with Crippen molar-refractivity contribution in [2.45, 2.75) is 38.6 Å². The van der Waals surface area contributed by atoms with Crippen LogP contribution in [0.2, 0.25) is 0 Å². The van der Waals surface area contributed by atoms with Crippen molar-refractivity contribution in [1.29, 1.82) is 0 Å². The molecule has 3 rings (SSSR count). The third kappa shape index (κ3) is 3.77. The van der Waals surface area contributed by atoms with Crippen LogP contribution in [0.15, 0.2) is 47.5 Å². The fraction of sp³-hybridized carbons (Fsp3) is 0.350. The molecule has 2 aromatic carbocycles. The van der Waals surface area contributed by atoms with Crippen LogP contribution in [0.25, 0.3) is 0 Å². The first-order valence-corrected chi connectivity index (χ1v) is 9.30. The molecule has 2 aromatic rings. The van der Waals surface area contributed by atoms with E-state index in [4.69, 9.17) is 9.73 Å². The Morgan fingerprint density at radius 2 is 2.09 bits per heavy atom. The van der Waals surface area contributed by atoms with Gasteiger partial charge in [-0.15, -0.1) is 0 Å². The van der Waals surface area contributed by atoms with E-state index in [-0.39, 0.29) is 0 Å². The molecule has 1 aliphatic rings. The van der Waals surface area contributed by atoms with Crippen LogP contribution < -0.4 is 4.74 Å². The highest BCUT2D eigenvalue weighted by atomic mass is 127. The van der Waals surface area contributed by atoms with Crippen molar-refractivity contribution >= 4 is 28.3 Å². The molecule has 1 atom stereocenters. The number of methoxy groups -OCH3 is 1. The highest BCUT2D eigenvalue weighted by Gasteiger charge is 2.22. The van der Waals surface area contributed by atoms with E-state index in [0.29, 0.717) is 6.04 Å². The molecule has 0 saturated carbocycles. The van der Waals surface area contributed by atoms with Crippen LogP contribution in [0.4, 0.5) is 0 Å². The maximum absolute atomic E-state index is 5.42. The summed E-state index contributed by atoms with van der Waals surface area (Å²) in [5.74, 6) is 0.932. The van der Waals surface area contributed by atoms with Gasteiger partial charge in [-0.25, -0.2) is 0 Å². The van der Waals surface area contributed by atoms with E-state index in [1.54, 1.807) is 7.11 Å². The van der Waals surface area contributed by atoms with E-state index in [0.717, 1.165) is 24.3 Å². The lowest BCUT2D eigenvalue weighted by atomic mass is 9.88. The summed E-state index contributed by atoms with van der Waals surface area (Å²) in [5.41, 5.74) is 4.95. The molecule has 23 heavy (non-hydrogen) atoms. The van der Waals surface area contributed by atoms with Gasteiger partial charge in [-0.3, -0.25) is 4.99 Å². The lowest BCUT2D eigenvalue weighted by molar-refractivity contribution is 0.414. The quantitative estimate of drug-likeness (QED) is 0.607. The fourth-order valence-corrected chi connectivity index (χ4v) is 3.66. The number of hydrogen-bond acceptors (Lipinski definition) is 2. The molecule has 0 N–H and O–H groups in total. The molecule has 0 unspecified atom stereocenters. The predicted octanol–water partition coefficient (Wildman–Crippen LogP) is 5.25. The maximum Gasteiger partial charge on any atom is 0.119 e. The van der Waals surface area contributed by atoms with Crippen molar-refractivity contribution in [3.63, 3.8) is 0 Å². The minimum absolute atomic E-state index is 0.377. The Hall–Kier alpha value is -1.36. The van der Waals surface area contributed by atoms with Crippen molar-refractivity contribution in [2.24, 2.45) is 4.99 Å². The minimum Gasteiger partial charge on any atom is -0.497 e. The Balaban J connectivity index is 2.04. The van der Waals surface area contributed by atoms with Gasteiger partial charge in [-0.05, 0) is 71.3 Å². The van der Waals surface area contributed by atoms with Gasteiger partial charge in [0.25, 0.3) is 0 Å². The number of unbranched alkanes of at least 4 members (excludes halogenated alkanes) is 1. The third-order valence-corrected chi connectivity index (χ3v) is 4.99. The molecule has 0 spiro atoms. The summed E-state index contributed by atoms with van der Waals surface area (Å²) in [5, 5.41) is 0. The van der Waals surface area contributed by atoms with E-state index in [1.165, 1.54) is 33.1 Å². The van der Waals surface area contributed by atoms with Gasteiger partial charge in [-0.2, -0.15) is 0 Å². The summed E-state index contributed by atoms with van der Waals surface area (Å²) < 4.78 is 6.66. The SMILES string of the molecule is CCCC[C@H]1Cc2cc(OC)ccc2C(c2cccc(I)c2)=N1. The van der Waals surface area contributed by atoms with Crippen LogP contribution in [0.5, 0.6) is 5.75 Å². The monoisotopic (exact) mass is 419 g/mol. The van der Waals surface area contributed by atoms with Gasteiger partial charge in [-0.1, -0.05) is 31.9 Å². The smallest absolute Gasteiger partial charge is 0.119 e. The summed E-state index contributed by atoms with van der Waals surface area (Å²) in [6, 6.07) is 15.4. The van der Waals surface area contributed by atoms with Gasteiger partial charge < -0.3 is 4.74 Å². The second-order valence-corrected chi connectivity index (χ2v) is 7.26. The molecule has 120 valence electrons. The summed E-state index contributed by atoms with van der Waals surface area (Å²) >= 11 is 2.37. The van der Waals surface area contributed by atoms with Gasteiger partial charge in [0.2, 0.25) is 0 Å². The molecule has 2 nitrogen and oxygen atoms in total. The molecule has 0 aliphatic carbocycles. The molecule has 0 radical (unpaired) electrons. The van der Waals surface area contributed by atoms with E-state index in [9.17, 15) is 0 Å². The lowest BCUT2D eigenvalue weighted by Gasteiger charge is -2.24. The van der Waals surface area contributed by atoms with E-state index >= 15 is 0 Å². The molecule has 0 amide bonds. The van der Waals surface area contributed by atoms with E-state index in [1.807, 2.05) is 6.07 Å². The molecule has 1 heterocycles. The molecular formula is C20H22INO. The zero-order valence-electron chi connectivity index (χ0n) is 13.7. The van der Waals surface area contributed by atoms with Gasteiger partial charge in [0.1, 0.15) is 5.75 Å². The number of ether oxygens (including phenoxy) is 1. The lowest BCUT2D eigenvalue weighted by Crippen LogP contribution is -2.22. The Morgan fingerprint density at radius 3 is 2.83 bits per heavy atom. The van der Waals surface area contributed by atoms with E-state index in [2.05, 4.69) is 65.9 Å². The van der Waals surface area contributed by atoms with Crippen LogP contribution >= 0.6 is 22.6 Å². The standard InChI is InChI=1S/C20H22INO/c1-3-4-8-17-12-15-13-18(23-2)9-10-19(15)20(22-17)14-6-5-7-16(21)11-14/h5-7,9-11,13,17H,3-4,8,12H2,1-2H3/t17-/m0/s1. The maximum atomic E-state index is 5.42. The van der Waals surface area contributed by atoms with Crippen LogP contribution in [0, 0.1) is 3.57 Å². The van der Waals surface area contributed by atoms with Crippen LogP contribution in [0.1, 0.15) is 42.9 Å². The molecule has 1 aliphatic heterocycles. The second-order valence-electron chi connectivity index (χ2n) is 6.01. The van der Waals surface area contributed by atoms with Crippen molar-refractivity contribution < 1.29 is 4.74 Å². The summed E-state index contributed by atoms with van der Waals surface area (Å²) in [6.45, 7) is 2.24. The second kappa shape index (κ2) is 7.47. The largest absolute Gasteiger partial charge is 0.497 e. The Morgan fingerprint density at radius 1 is 1.22 bits per heavy atom.